The third-order valence-corrected chi connectivity index (χ3v) is 9.31. The van der Waals surface area contributed by atoms with E-state index in [1.807, 2.05) is 31.2 Å². The normalized spacial score (nSPS) is 19.9. The monoisotopic (exact) mass is 721 g/mol. The number of amides is 2. The summed E-state index contributed by atoms with van der Waals surface area (Å²) in [7, 11) is 1.58. The molecule has 0 saturated carbocycles. The zero-order chi connectivity index (χ0) is 36.8. The van der Waals surface area contributed by atoms with Gasteiger partial charge in [-0.2, -0.15) is 26.3 Å². The van der Waals surface area contributed by atoms with E-state index in [0.717, 1.165) is 42.1 Å². The van der Waals surface area contributed by atoms with E-state index in [4.69, 9.17) is 14.2 Å². The molecule has 0 aliphatic carbocycles. The van der Waals surface area contributed by atoms with Crippen LogP contribution in [0.1, 0.15) is 54.1 Å². The predicted octanol–water partition coefficient (Wildman–Crippen LogP) is 7.32. The number of benzene rings is 3. The number of alkyl halides is 6. The van der Waals surface area contributed by atoms with Gasteiger partial charge in [-0.25, -0.2) is 0 Å². The number of hydrogen-bond acceptors (Lipinski definition) is 6. The fourth-order valence-corrected chi connectivity index (χ4v) is 6.89. The Bertz CT molecular complexity index is 1640. The Kier molecular flexibility index (Phi) is 11.7. The summed E-state index contributed by atoms with van der Waals surface area (Å²) in [5, 5.41) is 0. The predicted molar refractivity (Wildman–Crippen MR) is 178 cm³/mol. The van der Waals surface area contributed by atoms with Crippen LogP contribution in [0.5, 0.6) is 11.5 Å². The maximum Gasteiger partial charge on any atom is 0.417 e. The first-order valence-corrected chi connectivity index (χ1v) is 16.9. The first-order valence-electron chi connectivity index (χ1n) is 16.9. The minimum absolute atomic E-state index is 0.0248. The van der Waals surface area contributed by atoms with Crippen molar-refractivity contribution < 1.29 is 50.1 Å². The number of likely N-dealkylation sites (tertiary alicyclic amines) is 1. The summed E-state index contributed by atoms with van der Waals surface area (Å²) in [6, 6.07) is 14.9. The molecule has 2 heterocycles. The SMILES string of the molecule is CCC[C@H]1N(C(=O)c2ccccc2C(F)(F)F)CCC[C@@]1(Oc1ccc(C(F)(F)F)cc1)C(=O)N1CCN(c2ccccc2OCCOC)CC1. The van der Waals surface area contributed by atoms with Crippen LogP contribution in [0.15, 0.2) is 72.8 Å². The first-order chi connectivity index (χ1) is 24.3. The Balaban J connectivity index is 1.49. The average molecular weight is 722 g/mol. The number of anilines is 1. The smallest absolute Gasteiger partial charge is 0.417 e. The molecule has 3 aromatic carbocycles. The van der Waals surface area contributed by atoms with Gasteiger partial charge in [0.15, 0.2) is 0 Å². The molecular formula is C37H41F6N3O5. The Labute approximate surface area is 292 Å². The number of rotatable bonds is 11. The van der Waals surface area contributed by atoms with Crippen LogP contribution in [-0.2, 0) is 21.9 Å². The van der Waals surface area contributed by atoms with Gasteiger partial charge in [-0.1, -0.05) is 37.6 Å². The second-order valence-corrected chi connectivity index (χ2v) is 12.6. The van der Waals surface area contributed by atoms with Crippen LogP contribution < -0.4 is 14.4 Å². The standard InChI is InChI=1S/C37H41F6N3O5/c1-3-9-32-35(51-27-16-14-26(15-17-27)36(38,39)40,18-8-19-46(32)33(47)28-10-4-5-11-29(28)37(41,42)43)34(48)45-22-20-44(21-23-45)30-12-6-7-13-31(30)50-25-24-49-2/h4-7,10-17,32H,3,8-9,18-25H2,1-2H3/t32-,35+/m1/s1. The summed E-state index contributed by atoms with van der Waals surface area (Å²) in [6.07, 6.45) is -8.48. The van der Waals surface area contributed by atoms with Crippen LogP contribution >= 0.6 is 0 Å². The Morgan fingerprint density at radius 2 is 1.49 bits per heavy atom. The molecule has 0 spiro atoms. The number of para-hydroxylation sites is 2. The summed E-state index contributed by atoms with van der Waals surface area (Å²) < 4.78 is 99.9. The molecule has 2 atom stereocenters. The van der Waals surface area contributed by atoms with Crippen LogP contribution in [0, 0.1) is 0 Å². The van der Waals surface area contributed by atoms with E-state index < -0.39 is 52.5 Å². The number of hydrogen-bond donors (Lipinski definition) is 0. The van der Waals surface area contributed by atoms with E-state index >= 15 is 0 Å². The molecule has 8 nitrogen and oxygen atoms in total. The lowest BCUT2D eigenvalue weighted by Crippen LogP contribution is -2.69. The molecule has 276 valence electrons. The van der Waals surface area contributed by atoms with Crippen molar-refractivity contribution in [2.24, 2.45) is 0 Å². The van der Waals surface area contributed by atoms with Crippen LogP contribution in [0.2, 0.25) is 0 Å². The topological polar surface area (TPSA) is 71.6 Å². The molecule has 3 aromatic rings. The molecule has 2 aliphatic rings. The highest BCUT2D eigenvalue weighted by Crippen LogP contribution is 2.41. The number of nitrogens with zero attached hydrogens (tertiary/aromatic N) is 3. The highest BCUT2D eigenvalue weighted by molar-refractivity contribution is 5.97. The first kappa shape index (κ1) is 37.8. The maximum atomic E-state index is 14.9. The molecule has 0 bridgehead atoms. The molecule has 0 unspecified atom stereocenters. The number of halogens is 6. The highest BCUT2D eigenvalue weighted by Gasteiger charge is 2.56. The largest absolute Gasteiger partial charge is 0.489 e. The van der Waals surface area contributed by atoms with Crippen molar-refractivity contribution >= 4 is 17.5 Å². The maximum absolute atomic E-state index is 14.9. The number of methoxy groups -OCH3 is 1. The summed E-state index contributed by atoms with van der Waals surface area (Å²) in [4.78, 5) is 33.9. The Morgan fingerprint density at radius 1 is 0.824 bits per heavy atom. The molecule has 14 heteroatoms. The highest BCUT2D eigenvalue weighted by atomic mass is 19.4. The molecular weight excluding hydrogens is 680 g/mol. The molecule has 0 N–H and O–H groups in total. The van der Waals surface area contributed by atoms with Crippen molar-refractivity contribution in [1.82, 2.24) is 9.80 Å². The van der Waals surface area contributed by atoms with Crippen molar-refractivity contribution in [3.63, 3.8) is 0 Å². The molecule has 0 aromatic heterocycles. The zero-order valence-electron chi connectivity index (χ0n) is 28.4. The summed E-state index contributed by atoms with van der Waals surface area (Å²) in [5.74, 6) is -0.751. The van der Waals surface area contributed by atoms with Gasteiger partial charge in [0.05, 0.1) is 35.0 Å². The van der Waals surface area contributed by atoms with Crippen LogP contribution in [0.25, 0.3) is 0 Å². The van der Waals surface area contributed by atoms with Gasteiger partial charge in [-0.3, -0.25) is 9.59 Å². The number of piperidine rings is 1. The fourth-order valence-electron chi connectivity index (χ4n) is 6.89. The van der Waals surface area contributed by atoms with E-state index in [0.29, 0.717) is 38.5 Å². The molecule has 2 amide bonds. The van der Waals surface area contributed by atoms with Gasteiger partial charge >= 0.3 is 12.4 Å². The molecule has 5 rings (SSSR count). The van der Waals surface area contributed by atoms with E-state index in [-0.39, 0.29) is 44.6 Å². The third kappa shape index (κ3) is 8.37. The van der Waals surface area contributed by atoms with Gasteiger partial charge in [-0.05, 0) is 61.4 Å². The fraction of sp³-hybridized carbons (Fsp3) is 0.459. The number of ether oxygens (including phenoxy) is 3. The van der Waals surface area contributed by atoms with E-state index in [9.17, 15) is 35.9 Å². The quantitative estimate of drug-likeness (QED) is 0.153. The lowest BCUT2D eigenvalue weighted by atomic mass is 9.79. The van der Waals surface area contributed by atoms with Crippen LogP contribution in [0.3, 0.4) is 0 Å². The molecule has 2 saturated heterocycles. The van der Waals surface area contributed by atoms with Crippen molar-refractivity contribution in [2.75, 3.05) is 57.9 Å². The summed E-state index contributed by atoms with van der Waals surface area (Å²) >= 11 is 0. The number of piperazine rings is 1. The summed E-state index contributed by atoms with van der Waals surface area (Å²) in [5.41, 5.74) is -3.52. The van der Waals surface area contributed by atoms with Crippen molar-refractivity contribution in [3.8, 4) is 11.5 Å². The molecule has 0 radical (unpaired) electrons. The zero-order valence-corrected chi connectivity index (χ0v) is 28.4. The average Bonchev–Trinajstić information content (AvgIpc) is 3.12. The molecule has 51 heavy (non-hydrogen) atoms. The van der Waals surface area contributed by atoms with E-state index in [1.54, 1.807) is 12.0 Å². The minimum Gasteiger partial charge on any atom is -0.489 e. The van der Waals surface area contributed by atoms with Crippen molar-refractivity contribution in [1.29, 1.82) is 0 Å². The van der Waals surface area contributed by atoms with Crippen molar-refractivity contribution in [2.45, 2.75) is 56.6 Å². The lowest BCUT2D eigenvalue weighted by Gasteiger charge is -2.51. The number of carbonyl (C=O) groups is 2. The Morgan fingerprint density at radius 3 is 2.14 bits per heavy atom. The van der Waals surface area contributed by atoms with Gasteiger partial charge < -0.3 is 28.9 Å². The Hall–Kier alpha value is -4.46. The van der Waals surface area contributed by atoms with Gasteiger partial charge in [0.2, 0.25) is 5.60 Å². The second-order valence-electron chi connectivity index (χ2n) is 12.6. The minimum atomic E-state index is -4.81. The lowest BCUT2D eigenvalue weighted by molar-refractivity contribution is -0.159. The third-order valence-electron chi connectivity index (χ3n) is 9.31. The van der Waals surface area contributed by atoms with E-state index in [1.165, 1.54) is 17.0 Å². The second kappa shape index (κ2) is 15.8. The van der Waals surface area contributed by atoms with Gasteiger partial charge in [0.1, 0.15) is 18.1 Å². The summed E-state index contributed by atoms with van der Waals surface area (Å²) in [6.45, 7) is 3.93. The van der Waals surface area contributed by atoms with E-state index in [2.05, 4.69) is 4.90 Å². The number of carbonyl (C=O) groups excluding carboxylic acids is 2. The van der Waals surface area contributed by atoms with Gasteiger partial charge in [0, 0.05) is 46.3 Å². The van der Waals surface area contributed by atoms with Crippen molar-refractivity contribution in [3.05, 3.63) is 89.5 Å². The molecule has 2 aliphatic heterocycles. The van der Waals surface area contributed by atoms with Crippen LogP contribution in [-0.4, -0.2) is 86.3 Å². The van der Waals surface area contributed by atoms with Gasteiger partial charge in [0.25, 0.3) is 11.8 Å². The van der Waals surface area contributed by atoms with Crippen LogP contribution in [0.4, 0.5) is 32.0 Å². The molecule has 2 fully saturated rings. The van der Waals surface area contributed by atoms with Gasteiger partial charge in [-0.15, -0.1) is 0 Å².